The van der Waals surface area contributed by atoms with E-state index in [4.69, 9.17) is 0 Å². The van der Waals surface area contributed by atoms with Crippen LogP contribution < -0.4 is 11.0 Å². The van der Waals surface area contributed by atoms with Crippen molar-refractivity contribution in [1.29, 1.82) is 0 Å². The van der Waals surface area contributed by atoms with Crippen molar-refractivity contribution in [3.63, 3.8) is 0 Å². The molecule has 0 saturated heterocycles. The lowest BCUT2D eigenvalue weighted by Crippen LogP contribution is -2.35. The maximum Gasteiger partial charge on any atom is 0.369 e. The third-order valence-electron chi connectivity index (χ3n) is 3.98. The van der Waals surface area contributed by atoms with Crippen molar-refractivity contribution in [2.45, 2.75) is 12.6 Å². The zero-order valence-corrected chi connectivity index (χ0v) is 16.0. The number of halogens is 1. The summed E-state index contributed by atoms with van der Waals surface area (Å²) in [5, 5.41) is 14.8. The molecule has 3 aromatic heterocycles. The predicted molar refractivity (Wildman–Crippen MR) is 104 cm³/mol. The number of tetrazole rings is 1. The Morgan fingerprint density at radius 3 is 2.50 bits per heavy atom. The Hall–Kier alpha value is -3.11. The predicted octanol–water partition coefficient (Wildman–Crippen LogP) is 2.60. The van der Waals surface area contributed by atoms with E-state index in [1.807, 2.05) is 22.9 Å². The van der Waals surface area contributed by atoms with Gasteiger partial charge >= 0.3 is 5.69 Å². The van der Waals surface area contributed by atoms with Crippen LogP contribution in [0.3, 0.4) is 0 Å². The molecule has 0 aliphatic rings. The average Bonchev–Trinajstić information content (AvgIpc) is 3.44. The molecule has 0 radical (unpaired) electrons. The number of aromatic nitrogens is 4. The highest BCUT2D eigenvalue weighted by molar-refractivity contribution is 7.12. The van der Waals surface area contributed by atoms with E-state index < -0.39 is 17.6 Å². The third kappa shape index (κ3) is 3.78. The number of hydrogen-bond donors (Lipinski definition) is 1. The van der Waals surface area contributed by atoms with Gasteiger partial charge in [-0.15, -0.1) is 22.7 Å². The van der Waals surface area contributed by atoms with Crippen LogP contribution in [0.2, 0.25) is 0 Å². The van der Waals surface area contributed by atoms with Gasteiger partial charge in [0.1, 0.15) is 17.4 Å². The first-order valence-electron chi connectivity index (χ1n) is 8.27. The van der Waals surface area contributed by atoms with Gasteiger partial charge in [-0.25, -0.2) is 9.18 Å². The summed E-state index contributed by atoms with van der Waals surface area (Å²) < 4.78 is 15.4. The highest BCUT2D eigenvalue weighted by Gasteiger charge is 2.20. The summed E-state index contributed by atoms with van der Waals surface area (Å²) in [5.41, 5.74) is 0.249. The fraction of sp³-hybridized carbons (Fsp3) is 0.111. The number of hydrogen-bond acceptors (Lipinski definition) is 6. The lowest BCUT2D eigenvalue weighted by Gasteiger charge is -2.18. The fourth-order valence-electron chi connectivity index (χ4n) is 2.67. The van der Waals surface area contributed by atoms with Crippen LogP contribution in [0.25, 0.3) is 5.00 Å². The van der Waals surface area contributed by atoms with Gasteiger partial charge in [0.2, 0.25) is 5.91 Å². The number of benzene rings is 1. The molecule has 28 heavy (non-hydrogen) atoms. The summed E-state index contributed by atoms with van der Waals surface area (Å²) in [5.74, 6) is -0.750. The number of carbonyl (C=O) groups excluding carboxylic acids is 1. The van der Waals surface area contributed by atoms with Gasteiger partial charge in [0.05, 0.1) is 6.04 Å². The summed E-state index contributed by atoms with van der Waals surface area (Å²) in [4.78, 5) is 25.9. The minimum atomic E-state index is -0.493. The van der Waals surface area contributed by atoms with Gasteiger partial charge in [-0.3, -0.25) is 4.79 Å². The number of amides is 1. The topological polar surface area (TPSA) is 81.8 Å². The minimum absolute atomic E-state index is 0.271. The zero-order chi connectivity index (χ0) is 19.5. The first-order chi connectivity index (χ1) is 13.6. The molecule has 1 N–H and O–H groups in total. The number of nitrogens with zero attached hydrogens (tertiary/aromatic N) is 4. The molecule has 4 rings (SSSR count). The second-order valence-corrected chi connectivity index (χ2v) is 7.76. The van der Waals surface area contributed by atoms with Gasteiger partial charge in [0.25, 0.3) is 0 Å². The number of rotatable bonds is 6. The van der Waals surface area contributed by atoms with Crippen molar-refractivity contribution in [2.24, 2.45) is 0 Å². The second kappa shape index (κ2) is 7.87. The molecule has 7 nitrogen and oxygen atoms in total. The highest BCUT2D eigenvalue weighted by Crippen LogP contribution is 2.26. The standard InChI is InChI=1S/C18H14FN5O2S2/c19-13-7-5-12(6-8-13)17(14-3-1-9-27-14)20-15(25)11-23-18(26)24(22-21-23)16-4-2-10-28-16/h1-10,17H,11H2,(H,20,25). The molecule has 0 spiro atoms. The van der Waals surface area contributed by atoms with Crippen molar-refractivity contribution in [3.05, 3.63) is 86.0 Å². The quantitative estimate of drug-likeness (QED) is 0.525. The maximum absolute atomic E-state index is 13.3. The summed E-state index contributed by atoms with van der Waals surface area (Å²) in [6.07, 6.45) is 0. The van der Waals surface area contributed by atoms with Crippen molar-refractivity contribution < 1.29 is 9.18 Å². The Balaban J connectivity index is 1.54. The molecule has 0 aliphatic carbocycles. The third-order valence-corrected chi connectivity index (χ3v) is 5.76. The number of thiophene rings is 2. The van der Waals surface area contributed by atoms with Crippen molar-refractivity contribution in [2.75, 3.05) is 0 Å². The SMILES string of the molecule is O=C(Cn1nnn(-c2cccs2)c1=O)NC(c1ccc(F)cc1)c1cccs1. The number of nitrogens with one attached hydrogen (secondary N) is 1. The minimum Gasteiger partial charge on any atom is -0.343 e. The van der Waals surface area contributed by atoms with Gasteiger partial charge in [-0.2, -0.15) is 9.36 Å². The van der Waals surface area contributed by atoms with Crippen LogP contribution >= 0.6 is 22.7 Å². The van der Waals surface area contributed by atoms with Crippen LogP contribution in [-0.4, -0.2) is 25.7 Å². The fourth-order valence-corrected chi connectivity index (χ4v) is 4.14. The summed E-state index contributed by atoms with van der Waals surface area (Å²) in [6, 6.07) is 12.8. The summed E-state index contributed by atoms with van der Waals surface area (Å²) >= 11 is 2.82. The van der Waals surface area contributed by atoms with E-state index in [-0.39, 0.29) is 12.4 Å². The Labute approximate surface area is 166 Å². The second-order valence-electron chi connectivity index (χ2n) is 5.85. The van der Waals surface area contributed by atoms with E-state index in [2.05, 4.69) is 15.7 Å². The summed E-state index contributed by atoms with van der Waals surface area (Å²) in [7, 11) is 0. The van der Waals surface area contributed by atoms with Crippen LogP contribution in [-0.2, 0) is 11.3 Å². The molecule has 142 valence electrons. The van der Waals surface area contributed by atoms with Crippen LogP contribution in [0.15, 0.2) is 64.1 Å². The van der Waals surface area contributed by atoms with Crippen LogP contribution in [0.1, 0.15) is 16.5 Å². The maximum atomic E-state index is 13.3. The van der Waals surface area contributed by atoms with Crippen LogP contribution in [0, 0.1) is 5.82 Å². The Kier molecular flexibility index (Phi) is 5.13. The highest BCUT2D eigenvalue weighted by atomic mass is 32.1. The van der Waals surface area contributed by atoms with Crippen molar-refractivity contribution in [1.82, 2.24) is 25.1 Å². The Morgan fingerprint density at radius 1 is 1.07 bits per heavy atom. The lowest BCUT2D eigenvalue weighted by atomic mass is 10.1. The van der Waals surface area contributed by atoms with E-state index in [1.165, 1.54) is 34.8 Å². The Morgan fingerprint density at radius 2 is 1.82 bits per heavy atom. The average molecular weight is 415 g/mol. The molecule has 0 fully saturated rings. The smallest absolute Gasteiger partial charge is 0.343 e. The lowest BCUT2D eigenvalue weighted by molar-refractivity contribution is -0.122. The van der Waals surface area contributed by atoms with Gasteiger partial charge in [-0.1, -0.05) is 18.2 Å². The molecule has 1 aromatic carbocycles. The van der Waals surface area contributed by atoms with Crippen molar-refractivity contribution >= 4 is 28.6 Å². The van der Waals surface area contributed by atoms with Gasteiger partial charge in [-0.05, 0) is 57.1 Å². The molecule has 1 amide bonds. The van der Waals surface area contributed by atoms with E-state index in [1.54, 1.807) is 24.3 Å². The van der Waals surface area contributed by atoms with Gasteiger partial charge in [0, 0.05) is 4.88 Å². The van der Waals surface area contributed by atoms with E-state index in [0.717, 1.165) is 19.8 Å². The molecule has 0 aliphatic heterocycles. The number of carbonyl (C=O) groups is 1. The van der Waals surface area contributed by atoms with Crippen LogP contribution in [0.4, 0.5) is 4.39 Å². The first kappa shape index (κ1) is 18.3. The molecule has 1 atom stereocenters. The van der Waals surface area contributed by atoms with Gasteiger partial charge < -0.3 is 5.32 Å². The monoisotopic (exact) mass is 415 g/mol. The molecule has 0 saturated carbocycles. The normalized spacial score (nSPS) is 12.0. The van der Waals surface area contributed by atoms with E-state index >= 15 is 0 Å². The van der Waals surface area contributed by atoms with Gasteiger partial charge in [0.15, 0.2) is 0 Å². The Bertz CT molecular complexity index is 1120. The summed E-state index contributed by atoms with van der Waals surface area (Å²) in [6.45, 7) is -0.271. The van der Waals surface area contributed by atoms with Crippen LogP contribution in [0.5, 0.6) is 0 Å². The zero-order valence-electron chi connectivity index (χ0n) is 14.4. The molecule has 4 aromatic rings. The first-order valence-corrected chi connectivity index (χ1v) is 10.0. The molecule has 3 heterocycles. The van der Waals surface area contributed by atoms with E-state index in [0.29, 0.717) is 5.00 Å². The molecule has 0 bridgehead atoms. The van der Waals surface area contributed by atoms with Crippen molar-refractivity contribution in [3.8, 4) is 5.00 Å². The molecule has 10 heteroatoms. The molecular formula is C18H14FN5O2S2. The largest absolute Gasteiger partial charge is 0.369 e. The molecular weight excluding hydrogens is 401 g/mol. The van der Waals surface area contributed by atoms with E-state index in [9.17, 15) is 14.0 Å². The molecule has 1 unspecified atom stereocenters.